The number of aromatic nitrogens is 1. The topological polar surface area (TPSA) is 85.1 Å². The summed E-state index contributed by atoms with van der Waals surface area (Å²) in [5, 5.41) is 0.950. The molecule has 0 aromatic carbocycles. The van der Waals surface area contributed by atoms with E-state index in [1.807, 2.05) is 20.8 Å². The third-order valence-electron chi connectivity index (χ3n) is 2.31. The fraction of sp³-hybridized carbons (Fsp3) is 0.700. The lowest BCUT2D eigenvalue weighted by atomic mass is 10.2. The zero-order valence-corrected chi connectivity index (χ0v) is 12.0. The number of nitrogens with one attached hydrogen (secondary N) is 1. The Kier molecular flexibility index (Phi) is 5.05. The van der Waals surface area contributed by atoms with E-state index in [9.17, 15) is 8.42 Å². The molecule has 0 fully saturated rings. The first-order valence-electron chi connectivity index (χ1n) is 5.49. The van der Waals surface area contributed by atoms with Crippen molar-refractivity contribution in [2.45, 2.75) is 33.2 Å². The Balaban J connectivity index is 2.72. The first-order valence-corrected chi connectivity index (χ1v) is 7.96. The Bertz CT molecular complexity index is 468. The van der Waals surface area contributed by atoms with Gasteiger partial charge in [-0.1, -0.05) is 0 Å². The van der Waals surface area contributed by atoms with Gasteiger partial charge in [0.15, 0.2) is 0 Å². The molecule has 0 spiro atoms. The molecule has 3 N–H and O–H groups in total. The molecule has 1 rings (SSSR count). The predicted molar refractivity (Wildman–Crippen MR) is 70.6 cm³/mol. The molecule has 98 valence electrons. The molecule has 0 amide bonds. The highest BCUT2D eigenvalue weighted by atomic mass is 32.2. The summed E-state index contributed by atoms with van der Waals surface area (Å²) in [5.41, 5.74) is 6.20. The fourth-order valence-corrected chi connectivity index (χ4v) is 3.93. The van der Waals surface area contributed by atoms with Gasteiger partial charge in [0.1, 0.15) is 0 Å². The van der Waals surface area contributed by atoms with Crippen LogP contribution < -0.4 is 10.5 Å². The van der Waals surface area contributed by atoms with E-state index in [4.69, 9.17) is 5.73 Å². The standard InChI is InChI=1S/C10H19N3O2S2/c1-7-10(16-9(3)12-7)8(2)13-17(14,15)6-4-5-11/h8,13H,4-6,11H2,1-3H3. The van der Waals surface area contributed by atoms with Gasteiger partial charge in [0.05, 0.1) is 22.5 Å². The lowest BCUT2D eigenvalue weighted by Crippen LogP contribution is -2.29. The van der Waals surface area contributed by atoms with Crippen molar-refractivity contribution < 1.29 is 8.42 Å². The second-order valence-corrected chi connectivity index (χ2v) is 7.09. The summed E-state index contributed by atoms with van der Waals surface area (Å²) in [5.74, 6) is 0.0741. The molecule has 17 heavy (non-hydrogen) atoms. The Morgan fingerprint density at radius 3 is 2.59 bits per heavy atom. The number of rotatable bonds is 6. The van der Waals surface area contributed by atoms with Crippen LogP contribution in [0.5, 0.6) is 0 Å². The van der Waals surface area contributed by atoms with Gasteiger partial charge in [-0.3, -0.25) is 0 Å². The van der Waals surface area contributed by atoms with Crippen LogP contribution in [0.15, 0.2) is 0 Å². The van der Waals surface area contributed by atoms with E-state index in [1.54, 1.807) is 0 Å². The number of hydrogen-bond acceptors (Lipinski definition) is 5. The predicted octanol–water partition coefficient (Wildman–Crippen LogP) is 1.09. The first kappa shape index (κ1) is 14.6. The van der Waals surface area contributed by atoms with Crippen LogP contribution in [0.3, 0.4) is 0 Å². The van der Waals surface area contributed by atoms with Crippen molar-refractivity contribution in [2.24, 2.45) is 5.73 Å². The number of aryl methyl sites for hydroxylation is 2. The molecular weight excluding hydrogens is 258 g/mol. The third-order valence-corrected chi connectivity index (χ3v) is 5.10. The molecule has 1 atom stereocenters. The largest absolute Gasteiger partial charge is 0.330 e. The molecule has 0 aliphatic heterocycles. The van der Waals surface area contributed by atoms with Crippen LogP contribution in [0.2, 0.25) is 0 Å². The van der Waals surface area contributed by atoms with Crippen molar-refractivity contribution in [3.63, 3.8) is 0 Å². The van der Waals surface area contributed by atoms with Crippen LogP contribution in [0.25, 0.3) is 0 Å². The lowest BCUT2D eigenvalue weighted by Gasteiger charge is -2.13. The van der Waals surface area contributed by atoms with Gasteiger partial charge in [0.2, 0.25) is 10.0 Å². The van der Waals surface area contributed by atoms with Crippen LogP contribution >= 0.6 is 11.3 Å². The third kappa shape index (κ3) is 4.34. The minimum absolute atomic E-state index is 0.0741. The van der Waals surface area contributed by atoms with Crippen molar-refractivity contribution in [1.29, 1.82) is 0 Å². The molecule has 1 aromatic rings. The second kappa shape index (κ2) is 5.90. The molecule has 1 unspecified atom stereocenters. The average Bonchev–Trinajstić information content (AvgIpc) is 2.54. The molecule has 0 radical (unpaired) electrons. The minimum Gasteiger partial charge on any atom is -0.330 e. The quantitative estimate of drug-likeness (QED) is 0.815. The normalized spacial score (nSPS) is 13.9. The van der Waals surface area contributed by atoms with Crippen molar-refractivity contribution >= 4 is 21.4 Å². The first-order chi connectivity index (χ1) is 7.85. The SMILES string of the molecule is Cc1nc(C)c(C(C)NS(=O)(=O)CCCN)s1. The minimum atomic E-state index is -3.25. The van der Waals surface area contributed by atoms with Gasteiger partial charge in [-0.25, -0.2) is 18.1 Å². The monoisotopic (exact) mass is 277 g/mol. The van der Waals surface area contributed by atoms with E-state index >= 15 is 0 Å². The van der Waals surface area contributed by atoms with E-state index in [0.29, 0.717) is 13.0 Å². The van der Waals surface area contributed by atoms with E-state index in [0.717, 1.165) is 15.6 Å². The van der Waals surface area contributed by atoms with Crippen LogP contribution in [0.4, 0.5) is 0 Å². The summed E-state index contributed by atoms with van der Waals surface area (Å²) < 4.78 is 26.1. The Morgan fingerprint density at radius 1 is 1.47 bits per heavy atom. The zero-order valence-electron chi connectivity index (χ0n) is 10.4. The van der Waals surface area contributed by atoms with Gasteiger partial charge in [-0.2, -0.15) is 0 Å². The maximum atomic E-state index is 11.7. The number of sulfonamides is 1. The molecule has 0 aliphatic carbocycles. The molecule has 0 saturated heterocycles. The van der Waals surface area contributed by atoms with Crippen LogP contribution in [0, 0.1) is 13.8 Å². The number of hydrogen-bond donors (Lipinski definition) is 2. The van der Waals surface area contributed by atoms with Gasteiger partial charge in [0, 0.05) is 4.88 Å². The maximum Gasteiger partial charge on any atom is 0.212 e. The Morgan fingerprint density at radius 2 is 2.12 bits per heavy atom. The summed E-state index contributed by atoms with van der Waals surface area (Å²) >= 11 is 1.52. The Labute approximate surface area is 106 Å². The number of thiazole rings is 1. The zero-order chi connectivity index (χ0) is 13.1. The number of nitrogens with two attached hydrogens (primary N) is 1. The summed E-state index contributed by atoms with van der Waals surface area (Å²) in [6, 6.07) is -0.232. The van der Waals surface area contributed by atoms with E-state index in [2.05, 4.69) is 9.71 Å². The molecule has 7 heteroatoms. The van der Waals surface area contributed by atoms with Crippen LogP contribution in [0.1, 0.15) is 35.0 Å². The molecule has 0 aliphatic rings. The maximum absolute atomic E-state index is 11.7. The van der Waals surface area contributed by atoms with Crippen molar-refractivity contribution in [2.75, 3.05) is 12.3 Å². The molecule has 1 heterocycles. The molecule has 1 aromatic heterocycles. The van der Waals surface area contributed by atoms with Gasteiger partial charge in [-0.15, -0.1) is 11.3 Å². The second-order valence-electron chi connectivity index (χ2n) is 3.98. The summed E-state index contributed by atoms with van der Waals surface area (Å²) in [4.78, 5) is 5.26. The summed E-state index contributed by atoms with van der Waals surface area (Å²) in [7, 11) is -3.25. The van der Waals surface area contributed by atoms with Crippen molar-refractivity contribution in [3.05, 3.63) is 15.6 Å². The molecule has 0 saturated carbocycles. The average molecular weight is 277 g/mol. The Hall–Kier alpha value is -0.500. The highest BCUT2D eigenvalue weighted by Crippen LogP contribution is 2.24. The number of nitrogens with zero attached hydrogens (tertiary/aromatic N) is 1. The molecule has 0 bridgehead atoms. The molecule has 5 nitrogen and oxygen atoms in total. The van der Waals surface area contributed by atoms with Crippen molar-refractivity contribution in [3.8, 4) is 0 Å². The fourth-order valence-electron chi connectivity index (χ4n) is 1.60. The van der Waals surface area contributed by atoms with Gasteiger partial charge >= 0.3 is 0 Å². The van der Waals surface area contributed by atoms with Gasteiger partial charge in [0.25, 0.3) is 0 Å². The van der Waals surface area contributed by atoms with E-state index in [1.165, 1.54) is 11.3 Å². The van der Waals surface area contributed by atoms with Gasteiger partial charge < -0.3 is 5.73 Å². The smallest absolute Gasteiger partial charge is 0.212 e. The van der Waals surface area contributed by atoms with Crippen LogP contribution in [-0.4, -0.2) is 25.7 Å². The van der Waals surface area contributed by atoms with Crippen LogP contribution in [-0.2, 0) is 10.0 Å². The van der Waals surface area contributed by atoms with Crippen molar-refractivity contribution in [1.82, 2.24) is 9.71 Å². The lowest BCUT2D eigenvalue weighted by molar-refractivity contribution is 0.565. The summed E-state index contributed by atoms with van der Waals surface area (Å²) in [6.07, 6.45) is 0.475. The van der Waals surface area contributed by atoms with E-state index in [-0.39, 0.29) is 11.8 Å². The highest BCUT2D eigenvalue weighted by molar-refractivity contribution is 7.89. The van der Waals surface area contributed by atoms with Gasteiger partial charge in [-0.05, 0) is 33.7 Å². The summed E-state index contributed by atoms with van der Waals surface area (Å²) in [6.45, 7) is 6.02. The molecular formula is C10H19N3O2S2. The van der Waals surface area contributed by atoms with E-state index < -0.39 is 10.0 Å². The highest BCUT2D eigenvalue weighted by Gasteiger charge is 2.18.